The second-order valence-electron chi connectivity index (χ2n) is 10.4. The maximum atomic E-state index is 13.6. The van der Waals surface area contributed by atoms with E-state index in [-0.39, 0.29) is 5.78 Å². The molecule has 8 rings (SSSR count). The minimum Gasteiger partial charge on any atom is -0.289 e. The summed E-state index contributed by atoms with van der Waals surface area (Å²) in [5.74, 6) is 0.0106. The molecule has 2 aliphatic carbocycles. The summed E-state index contributed by atoms with van der Waals surface area (Å²) in [6.07, 6.45) is 3.66. The van der Waals surface area contributed by atoms with E-state index in [1.165, 1.54) is 49.9 Å². The molecule has 0 atom stereocenters. The second-order valence-corrected chi connectivity index (χ2v) is 10.4. The molecule has 0 saturated carbocycles. The third kappa shape index (κ3) is 2.99. The summed E-state index contributed by atoms with van der Waals surface area (Å²) in [5, 5.41) is 2.31. The van der Waals surface area contributed by atoms with Gasteiger partial charge in [0.2, 0.25) is 0 Å². The topological polar surface area (TPSA) is 17.1 Å². The fourth-order valence-electron chi connectivity index (χ4n) is 6.91. The van der Waals surface area contributed by atoms with Gasteiger partial charge in [-0.15, -0.1) is 0 Å². The molecule has 0 N–H and O–H groups in total. The number of carbonyl (C=O) groups excluding carboxylic acids is 1. The van der Waals surface area contributed by atoms with E-state index in [9.17, 15) is 4.79 Å². The fourth-order valence-corrected chi connectivity index (χ4v) is 6.91. The number of carbonyl (C=O) groups is 1. The van der Waals surface area contributed by atoms with Crippen molar-refractivity contribution in [2.24, 2.45) is 0 Å². The summed E-state index contributed by atoms with van der Waals surface area (Å²) in [6, 6.07) is 47.0. The normalized spacial score (nSPS) is 13.8. The minimum absolute atomic E-state index is 0.0106. The number of rotatable bonds is 3. The predicted molar refractivity (Wildman–Crippen MR) is 160 cm³/mol. The molecule has 0 aliphatic heterocycles. The van der Waals surface area contributed by atoms with E-state index in [1.54, 1.807) is 6.08 Å². The van der Waals surface area contributed by atoms with E-state index in [1.807, 2.05) is 30.3 Å². The number of fused-ring (bicyclic) bond motifs is 11. The maximum absolute atomic E-state index is 13.6. The summed E-state index contributed by atoms with van der Waals surface area (Å²) in [6.45, 7) is 0. The largest absolute Gasteiger partial charge is 0.289 e. The van der Waals surface area contributed by atoms with Crippen molar-refractivity contribution in [1.29, 1.82) is 0 Å². The van der Waals surface area contributed by atoms with Crippen LogP contribution in [0.5, 0.6) is 0 Å². The van der Waals surface area contributed by atoms with Crippen LogP contribution in [0.2, 0.25) is 0 Å². The Balaban J connectivity index is 1.31. The first kappa shape index (κ1) is 22.0. The molecule has 0 saturated heterocycles. The van der Waals surface area contributed by atoms with Gasteiger partial charge in [-0.3, -0.25) is 4.79 Å². The van der Waals surface area contributed by atoms with Crippen LogP contribution in [0.15, 0.2) is 140 Å². The van der Waals surface area contributed by atoms with Gasteiger partial charge >= 0.3 is 0 Å². The average Bonchev–Trinajstić information content (AvgIpc) is 3.47. The molecule has 1 nitrogen and oxygen atoms in total. The highest BCUT2D eigenvalue weighted by molar-refractivity contribution is 6.09. The molecule has 6 aromatic rings. The van der Waals surface area contributed by atoms with Gasteiger partial charge in [0.05, 0.1) is 5.41 Å². The molecule has 0 fully saturated rings. The zero-order valence-electron chi connectivity index (χ0n) is 21.3. The van der Waals surface area contributed by atoms with Crippen LogP contribution >= 0.6 is 0 Å². The average molecular weight is 497 g/mol. The van der Waals surface area contributed by atoms with Crippen LogP contribution in [0.25, 0.3) is 39.1 Å². The van der Waals surface area contributed by atoms with E-state index in [0.717, 1.165) is 10.9 Å². The monoisotopic (exact) mass is 496 g/mol. The van der Waals surface area contributed by atoms with Crippen molar-refractivity contribution >= 4 is 22.6 Å². The molecule has 0 amide bonds. The Morgan fingerprint density at radius 1 is 0.513 bits per heavy atom. The van der Waals surface area contributed by atoms with Crippen LogP contribution in [0.1, 0.15) is 38.2 Å². The van der Waals surface area contributed by atoms with Crippen LogP contribution in [0, 0.1) is 0 Å². The zero-order chi connectivity index (χ0) is 26.0. The van der Waals surface area contributed by atoms with Crippen LogP contribution < -0.4 is 0 Å². The van der Waals surface area contributed by atoms with Gasteiger partial charge in [0, 0.05) is 5.56 Å². The van der Waals surface area contributed by atoms with E-state index in [2.05, 4.69) is 109 Å². The Morgan fingerprint density at radius 3 is 1.72 bits per heavy atom. The minimum atomic E-state index is -0.436. The van der Waals surface area contributed by atoms with Gasteiger partial charge in [-0.2, -0.15) is 0 Å². The zero-order valence-corrected chi connectivity index (χ0v) is 21.3. The number of ketones is 1. The van der Waals surface area contributed by atoms with Gasteiger partial charge in [-0.1, -0.05) is 133 Å². The molecule has 6 aromatic carbocycles. The first-order valence-electron chi connectivity index (χ1n) is 13.4. The molecular weight excluding hydrogens is 472 g/mol. The lowest BCUT2D eigenvalue weighted by molar-refractivity contribution is 0.104. The highest BCUT2D eigenvalue weighted by Gasteiger charge is 2.51. The Kier molecular flexibility index (Phi) is 4.65. The quantitative estimate of drug-likeness (QED) is 0.176. The lowest BCUT2D eigenvalue weighted by Gasteiger charge is -2.30. The summed E-state index contributed by atoms with van der Waals surface area (Å²) in [4.78, 5) is 13.6. The molecule has 0 unspecified atom stereocenters. The third-order valence-electron chi connectivity index (χ3n) is 8.52. The lowest BCUT2D eigenvalue weighted by Crippen LogP contribution is -2.26. The Labute approximate surface area is 227 Å². The van der Waals surface area contributed by atoms with E-state index < -0.39 is 5.41 Å². The molecule has 1 heteroatoms. The van der Waals surface area contributed by atoms with E-state index in [4.69, 9.17) is 0 Å². The predicted octanol–water partition coefficient (Wildman–Crippen LogP) is 9.08. The summed E-state index contributed by atoms with van der Waals surface area (Å²) in [7, 11) is 0. The molecule has 0 bridgehead atoms. The van der Waals surface area contributed by atoms with Crippen molar-refractivity contribution in [2.45, 2.75) is 5.41 Å². The summed E-state index contributed by atoms with van der Waals surface area (Å²) < 4.78 is 0. The Hall–Kier alpha value is -5.01. The number of benzene rings is 6. The third-order valence-corrected chi connectivity index (χ3v) is 8.52. The molecule has 39 heavy (non-hydrogen) atoms. The van der Waals surface area contributed by atoms with Crippen molar-refractivity contribution in [3.05, 3.63) is 173 Å². The van der Waals surface area contributed by atoms with Gasteiger partial charge in [-0.05, 0) is 73.0 Å². The molecular formula is C38H24O. The maximum Gasteiger partial charge on any atom is 0.185 e. The summed E-state index contributed by atoms with van der Waals surface area (Å²) >= 11 is 0. The standard InChI is InChI=1S/C38H24O/c39-37(23-21-26-12-9-11-25-10-1-2-13-28(25)26)27-20-22-32-31-16-5-8-19-35(31)38(36(32)24-27)33-17-6-3-14-29(33)30-15-4-7-18-34(30)38/h1-24H. The van der Waals surface area contributed by atoms with Crippen molar-refractivity contribution < 1.29 is 4.79 Å². The lowest BCUT2D eigenvalue weighted by atomic mass is 9.70. The molecule has 1 spiro atoms. The molecule has 0 radical (unpaired) electrons. The van der Waals surface area contributed by atoms with Crippen LogP contribution in [-0.4, -0.2) is 5.78 Å². The van der Waals surface area contributed by atoms with Crippen molar-refractivity contribution in [2.75, 3.05) is 0 Å². The highest BCUT2D eigenvalue weighted by Crippen LogP contribution is 2.62. The van der Waals surface area contributed by atoms with Crippen molar-refractivity contribution in [3.8, 4) is 22.3 Å². The smallest absolute Gasteiger partial charge is 0.185 e. The first-order chi connectivity index (χ1) is 19.3. The van der Waals surface area contributed by atoms with Crippen LogP contribution in [-0.2, 0) is 5.41 Å². The van der Waals surface area contributed by atoms with E-state index >= 15 is 0 Å². The Bertz CT molecular complexity index is 1920. The van der Waals surface area contributed by atoms with Gasteiger partial charge in [0.15, 0.2) is 5.78 Å². The van der Waals surface area contributed by atoms with Crippen molar-refractivity contribution in [1.82, 2.24) is 0 Å². The van der Waals surface area contributed by atoms with Crippen LogP contribution in [0.4, 0.5) is 0 Å². The number of hydrogen-bond donors (Lipinski definition) is 0. The van der Waals surface area contributed by atoms with Gasteiger partial charge in [-0.25, -0.2) is 0 Å². The second kappa shape index (κ2) is 8.24. The molecule has 2 aliphatic rings. The highest BCUT2D eigenvalue weighted by atomic mass is 16.1. The van der Waals surface area contributed by atoms with Gasteiger partial charge < -0.3 is 0 Å². The van der Waals surface area contributed by atoms with Gasteiger partial charge in [0.1, 0.15) is 0 Å². The first-order valence-corrected chi connectivity index (χ1v) is 13.4. The van der Waals surface area contributed by atoms with Crippen molar-refractivity contribution in [3.63, 3.8) is 0 Å². The summed E-state index contributed by atoms with van der Waals surface area (Å²) in [5.41, 5.74) is 11.3. The molecule has 182 valence electrons. The number of hydrogen-bond acceptors (Lipinski definition) is 1. The van der Waals surface area contributed by atoms with Crippen LogP contribution in [0.3, 0.4) is 0 Å². The Morgan fingerprint density at radius 2 is 1.05 bits per heavy atom. The SMILES string of the molecule is O=C(C=Cc1cccc2ccccc12)c1ccc2c(c1)C1(c3ccccc3-c3ccccc31)c1ccccc1-2. The molecule has 0 aromatic heterocycles. The van der Waals surface area contributed by atoms with Gasteiger partial charge in [0.25, 0.3) is 0 Å². The number of allylic oxidation sites excluding steroid dienone is 1. The molecule has 0 heterocycles. The van der Waals surface area contributed by atoms with E-state index in [0.29, 0.717) is 5.56 Å². The fraction of sp³-hybridized carbons (Fsp3) is 0.0263.